The molecule has 2 heterocycles. The summed E-state index contributed by atoms with van der Waals surface area (Å²) in [6, 6.07) is 25.4. The second kappa shape index (κ2) is 5.85. The predicted molar refractivity (Wildman–Crippen MR) is 107 cm³/mol. The Morgan fingerprint density at radius 3 is 2.50 bits per heavy atom. The van der Waals surface area contributed by atoms with Crippen LogP contribution in [0.25, 0.3) is 44.3 Å². The highest BCUT2D eigenvalue weighted by molar-refractivity contribution is 6.07. The first-order chi connectivity index (χ1) is 14.0. The molecule has 0 fully saturated rings. The van der Waals surface area contributed by atoms with Gasteiger partial charge in [0.15, 0.2) is 0 Å². The predicted octanol–water partition coefficient (Wildman–Crippen LogP) is 6.62. The van der Waals surface area contributed by atoms with Crippen molar-refractivity contribution < 1.29 is 8.53 Å². The van der Waals surface area contributed by atoms with E-state index in [1.54, 1.807) is 12.3 Å². The largest absolute Gasteiger partial charge is 0.456 e. The molecule has 5 rings (SSSR count). The monoisotopic (exact) mass is 338 g/mol. The number of nitrogens with zero attached hydrogens (tertiary/aromatic N) is 1. The van der Waals surface area contributed by atoms with E-state index in [1.165, 1.54) is 6.07 Å². The van der Waals surface area contributed by atoms with Crippen LogP contribution in [0.3, 0.4) is 0 Å². The van der Waals surface area contributed by atoms with Crippen LogP contribution < -0.4 is 0 Å². The Balaban J connectivity index is 1.63. The van der Waals surface area contributed by atoms with E-state index >= 15 is 0 Å². The fourth-order valence-corrected chi connectivity index (χ4v) is 3.34. The van der Waals surface area contributed by atoms with E-state index < -0.39 is 6.85 Å². The van der Waals surface area contributed by atoms with Gasteiger partial charge in [0, 0.05) is 26.6 Å². The van der Waals surface area contributed by atoms with Crippen LogP contribution in [0.15, 0.2) is 89.5 Å². The Morgan fingerprint density at radius 1 is 0.731 bits per heavy atom. The molecule has 124 valence electrons. The maximum Gasteiger partial charge on any atom is 0.136 e. The lowest BCUT2D eigenvalue weighted by atomic mass is 10.0. The Hall–Kier alpha value is -3.39. The molecular weight excluding hydrogens is 318 g/mol. The maximum atomic E-state index is 7.63. The summed E-state index contributed by atoms with van der Waals surface area (Å²) in [7, 11) is 0. The molecule has 0 radical (unpaired) electrons. The van der Waals surface area contributed by atoms with Crippen molar-refractivity contribution in [2.24, 2.45) is 0 Å². The molecule has 0 bridgehead atoms. The van der Waals surface area contributed by atoms with Gasteiger partial charge in [-0.05, 0) is 66.0 Å². The minimum absolute atomic E-state index is 0.284. The van der Waals surface area contributed by atoms with Gasteiger partial charge in [-0.3, -0.25) is 4.98 Å². The van der Waals surface area contributed by atoms with Gasteiger partial charge < -0.3 is 4.42 Å². The van der Waals surface area contributed by atoms with Crippen molar-refractivity contribution in [2.75, 3.05) is 0 Å². The summed E-state index contributed by atoms with van der Waals surface area (Å²) >= 11 is 0. The van der Waals surface area contributed by atoms with Crippen LogP contribution >= 0.6 is 0 Å². The SMILES string of the molecule is [2H]C([2H])([2H])c1ccnc(-c2ccc3oc4cc(-c5ccccc5)ccc4c3c2)c1. The molecule has 0 saturated heterocycles. The Kier molecular flexibility index (Phi) is 2.71. The van der Waals surface area contributed by atoms with Crippen molar-refractivity contribution in [3.05, 3.63) is 90.6 Å². The van der Waals surface area contributed by atoms with Crippen LogP contribution in [0.2, 0.25) is 0 Å². The molecule has 5 aromatic rings. The number of hydrogen-bond acceptors (Lipinski definition) is 2. The van der Waals surface area contributed by atoms with E-state index in [-0.39, 0.29) is 5.56 Å². The summed E-state index contributed by atoms with van der Waals surface area (Å²) in [5.41, 5.74) is 5.63. The normalized spacial score (nSPS) is 13.5. The van der Waals surface area contributed by atoms with E-state index in [4.69, 9.17) is 8.53 Å². The molecule has 0 saturated carbocycles. The van der Waals surface area contributed by atoms with Gasteiger partial charge in [0.25, 0.3) is 0 Å². The van der Waals surface area contributed by atoms with Crippen molar-refractivity contribution >= 4 is 21.9 Å². The molecule has 26 heavy (non-hydrogen) atoms. The number of fused-ring (bicyclic) bond motifs is 3. The third-order valence-electron chi connectivity index (χ3n) is 4.63. The van der Waals surface area contributed by atoms with E-state index in [2.05, 4.69) is 35.3 Å². The molecule has 0 aliphatic carbocycles. The highest BCUT2D eigenvalue weighted by Crippen LogP contribution is 2.34. The summed E-state index contributed by atoms with van der Waals surface area (Å²) in [5, 5.41) is 2.01. The highest BCUT2D eigenvalue weighted by Gasteiger charge is 2.10. The molecule has 0 atom stereocenters. The van der Waals surface area contributed by atoms with E-state index in [9.17, 15) is 0 Å². The fourth-order valence-electron chi connectivity index (χ4n) is 3.34. The lowest BCUT2D eigenvalue weighted by Crippen LogP contribution is -1.84. The summed E-state index contributed by atoms with van der Waals surface area (Å²) in [6.45, 7) is -2.15. The molecule has 0 spiro atoms. The molecule has 0 aliphatic heterocycles. The van der Waals surface area contributed by atoms with Gasteiger partial charge in [-0.1, -0.05) is 36.4 Å². The molecule has 2 nitrogen and oxygen atoms in total. The topological polar surface area (TPSA) is 26.0 Å². The third-order valence-corrected chi connectivity index (χ3v) is 4.63. The van der Waals surface area contributed by atoms with Gasteiger partial charge in [0.05, 0.1) is 5.69 Å². The first-order valence-corrected chi connectivity index (χ1v) is 8.48. The van der Waals surface area contributed by atoms with E-state index in [0.717, 1.165) is 38.6 Å². The molecule has 0 N–H and O–H groups in total. The minimum Gasteiger partial charge on any atom is -0.456 e. The average molecular weight is 338 g/mol. The van der Waals surface area contributed by atoms with Crippen LogP contribution in [0, 0.1) is 6.85 Å². The number of rotatable bonds is 2. The van der Waals surface area contributed by atoms with Crippen molar-refractivity contribution in [3.63, 3.8) is 0 Å². The van der Waals surface area contributed by atoms with Crippen LogP contribution in [0.1, 0.15) is 9.68 Å². The first-order valence-electron chi connectivity index (χ1n) is 9.98. The summed E-state index contributed by atoms with van der Waals surface area (Å²) in [6.07, 6.45) is 1.54. The summed E-state index contributed by atoms with van der Waals surface area (Å²) in [4.78, 5) is 4.37. The van der Waals surface area contributed by atoms with Crippen LogP contribution in [-0.2, 0) is 0 Å². The minimum atomic E-state index is -2.15. The number of furan rings is 1. The fraction of sp³-hybridized carbons (Fsp3) is 0.0417. The number of benzene rings is 3. The maximum absolute atomic E-state index is 7.63. The first kappa shape index (κ1) is 12.0. The standard InChI is InChI=1S/C24H17NO/c1-16-11-12-25-22(13-16)19-8-10-23-21(14-19)20-9-7-18(15-24(20)26-23)17-5-3-2-4-6-17/h2-15H,1H3/i1D3. The molecule has 3 aromatic carbocycles. The van der Waals surface area contributed by atoms with Crippen LogP contribution in [0.5, 0.6) is 0 Å². The van der Waals surface area contributed by atoms with Gasteiger partial charge in [-0.2, -0.15) is 0 Å². The number of aromatic nitrogens is 1. The second-order valence-electron chi connectivity index (χ2n) is 6.32. The van der Waals surface area contributed by atoms with Crippen LogP contribution in [0.4, 0.5) is 0 Å². The van der Waals surface area contributed by atoms with Crippen molar-refractivity contribution in [2.45, 2.75) is 6.85 Å². The zero-order valence-corrected chi connectivity index (χ0v) is 13.9. The average Bonchev–Trinajstić information content (AvgIpc) is 3.11. The van der Waals surface area contributed by atoms with Gasteiger partial charge in [-0.25, -0.2) is 0 Å². The second-order valence-corrected chi connectivity index (χ2v) is 6.32. The van der Waals surface area contributed by atoms with E-state index in [0.29, 0.717) is 5.69 Å². The molecule has 0 unspecified atom stereocenters. The zero-order valence-electron chi connectivity index (χ0n) is 16.9. The summed E-state index contributed by atoms with van der Waals surface area (Å²) < 4.78 is 29.0. The third kappa shape index (κ3) is 2.47. The Morgan fingerprint density at radius 2 is 1.62 bits per heavy atom. The quantitative estimate of drug-likeness (QED) is 0.361. The molecule has 2 heteroatoms. The van der Waals surface area contributed by atoms with E-state index in [1.807, 2.05) is 36.4 Å². The van der Waals surface area contributed by atoms with Crippen molar-refractivity contribution in [1.29, 1.82) is 0 Å². The molecule has 0 amide bonds. The van der Waals surface area contributed by atoms with Crippen molar-refractivity contribution in [3.8, 4) is 22.4 Å². The number of aryl methyl sites for hydroxylation is 1. The number of hydrogen-bond donors (Lipinski definition) is 0. The Labute approximate surface area is 156 Å². The van der Waals surface area contributed by atoms with Crippen LogP contribution in [-0.4, -0.2) is 4.98 Å². The van der Waals surface area contributed by atoms with Gasteiger partial charge >= 0.3 is 0 Å². The molecule has 0 aliphatic rings. The lowest BCUT2D eigenvalue weighted by molar-refractivity contribution is 0.669. The van der Waals surface area contributed by atoms with Crippen molar-refractivity contribution in [1.82, 2.24) is 4.98 Å². The molecule has 2 aromatic heterocycles. The molecular formula is C24H17NO. The lowest BCUT2D eigenvalue weighted by Gasteiger charge is -2.02. The van der Waals surface area contributed by atoms with Gasteiger partial charge in [-0.15, -0.1) is 0 Å². The van der Waals surface area contributed by atoms with Gasteiger partial charge in [0.1, 0.15) is 11.2 Å². The smallest absolute Gasteiger partial charge is 0.136 e. The zero-order chi connectivity index (χ0) is 20.0. The summed E-state index contributed by atoms with van der Waals surface area (Å²) in [5.74, 6) is 0. The Bertz CT molecular complexity index is 1340. The number of pyridine rings is 1. The van der Waals surface area contributed by atoms with Gasteiger partial charge in [0.2, 0.25) is 0 Å². The highest BCUT2D eigenvalue weighted by atomic mass is 16.3.